The van der Waals surface area contributed by atoms with Gasteiger partial charge in [-0.3, -0.25) is 4.79 Å². The van der Waals surface area contributed by atoms with Crippen molar-refractivity contribution in [2.45, 2.75) is 5.92 Å². The van der Waals surface area contributed by atoms with Gasteiger partial charge in [-0.1, -0.05) is 83.9 Å². The number of halogens is 2. The van der Waals surface area contributed by atoms with E-state index in [0.29, 0.717) is 17.0 Å². The summed E-state index contributed by atoms with van der Waals surface area (Å²) in [6, 6.07) is 24.3. The summed E-state index contributed by atoms with van der Waals surface area (Å²) >= 11 is 12.1. The predicted molar refractivity (Wildman–Crippen MR) is 120 cm³/mol. The Hall–Kier alpha value is -3.08. The summed E-state index contributed by atoms with van der Waals surface area (Å²) in [4.78, 5) is 25.2. The molecule has 0 unspecified atom stereocenters. The lowest BCUT2D eigenvalue weighted by Gasteiger charge is -2.18. The maximum Gasteiger partial charge on any atom is 0.349 e. The summed E-state index contributed by atoms with van der Waals surface area (Å²) < 4.78 is 5.27. The monoisotopic (exact) mass is 437 g/mol. The fourth-order valence-electron chi connectivity index (χ4n) is 3.40. The van der Waals surface area contributed by atoms with E-state index in [4.69, 9.17) is 27.6 Å². The Labute approximate surface area is 183 Å². The van der Waals surface area contributed by atoms with Crippen molar-refractivity contribution in [2.24, 2.45) is 0 Å². The Balaban J connectivity index is 1.63. The molecule has 0 atom stereocenters. The summed E-state index contributed by atoms with van der Waals surface area (Å²) in [6.45, 7) is 0.320. The molecule has 3 aromatic carbocycles. The molecule has 6 heteroatoms. The van der Waals surface area contributed by atoms with E-state index in [1.54, 1.807) is 6.07 Å². The third-order valence-corrected chi connectivity index (χ3v) is 5.37. The maximum absolute atomic E-state index is 12.8. The Bertz CT molecular complexity index is 1210. The molecule has 30 heavy (non-hydrogen) atoms. The molecular formula is C24H17Cl2NO3. The van der Waals surface area contributed by atoms with E-state index in [2.05, 4.69) is 5.32 Å². The van der Waals surface area contributed by atoms with Crippen molar-refractivity contribution < 1.29 is 9.21 Å². The highest BCUT2D eigenvalue weighted by atomic mass is 35.5. The quantitative estimate of drug-likeness (QED) is 0.409. The Morgan fingerprint density at radius 2 is 1.50 bits per heavy atom. The van der Waals surface area contributed by atoms with E-state index < -0.39 is 11.5 Å². The molecule has 0 aliphatic rings. The first-order valence-corrected chi connectivity index (χ1v) is 10.1. The molecular weight excluding hydrogens is 421 g/mol. The van der Waals surface area contributed by atoms with Crippen LogP contribution in [0.15, 0.2) is 88.1 Å². The fraction of sp³-hybridized carbons (Fsp3) is 0.0833. The topological polar surface area (TPSA) is 59.3 Å². The summed E-state index contributed by atoms with van der Waals surface area (Å²) in [5.74, 6) is -0.577. The normalized spacial score (nSPS) is 11.0. The number of benzene rings is 3. The first-order chi connectivity index (χ1) is 14.5. The average molecular weight is 438 g/mol. The number of carbonyl (C=O) groups is 1. The summed E-state index contributed by atoms with van der Waals surface area (Å²) in [5.41, 5.74) is 1.48. The van der Waals surface area contributed by atoms with Gasteiger partial charge in [-0.2, -0.15) is 0 Å². The van der Waals surface area contributed by atoms with Crippen LogP contribution in [0.4, 0.5) is 0 Å². The summed E-state index contributed by atoms with van der Waals surface area (Å²) in [5, 5.41) is 3.96. The molecule has 0 aliphatic heterocycles. The van der Waals surface area contributed by atoms with Gasteiger partial charge in [-0.25, -0.2) is 4.79 Å². The van der Waals surface area contributed by atoms with Crippen LogP contribution in [0.2, 0.25) is 10.0 Å². The summed E-state index contributed by atoms with van der Waals surface area (Å²) in [6.07, 6.45) is 0. The lowest BCUT2D eigenvalue weighted by Crippen LogP contribution is -2.32. The lowest BCUT2D eigenvalue weighted by molar-refractivity contribution is 0.0949. The van der Waals surface area contributed by atoms with Crippen molar-refractivity contribution in [1.82, 2.24) is 5.32 Å². The number of amides is 1. The minimum Gasteiger partial charge on any atom is -0.421 e. The number of carbonyl (C=O) groups excluding carboxylic acids is 1. The van der Waals surface area contributed by atoms with Gasteiger partial charge in [0.25, 0.3) is 5.91 Å². The Morgan fingerprint density at radius 1 is 0.900 bits per heavy atom. The molecule has 0 saturated heterocycles. The van der Waals surface area contributed by atoms with Gasteiger partial charge in [0.05, 0.1) is 5.02 Å². The second kappa shape index (κ2) is 8.74. The fourth-order valence-corrected chi connectivity index (χ4v) is 3.95. The smallest absolute Gasteiger partial charge is 0.349 e. The number of hydrogen-bond acceptors (Lipinski definition) is 3. The van der Waals surface area contributed by atoms with Gasteiger partial charge in [0.1, 0.15) is 5.56 Å². The van der Waals surface area contributed by atoms with Crippen LogP contribution in [0.3, 0.4) is 0 Å². The van der Waals surface area contributed by atoms with Crippen LogP contribution < -0.4 is 10.9 Å². The molecule has 4 rings (SSSR count). The van der Waals surface area contributed by atoms with Gasteiger partial charge in [0.2, 0.25) is 0 Å². The molecule has 0 radical (unpaired) electrons. The van der Waals surface area contributed by atoms with Gasteiger partial charge in [-0.15, -0.1) is 0 Å². The van der Waals surface area contributed by atoms with Crippen LogP contribution in [0, 0.1) is 0 Å². The highest BCUT2D eigenvalue weighted by molar-refractivity contribution is 6.38. The number of fused-ring (bicyclic) bond motifs is 1. The number of nitrogens with one attached hydrogen (secondary N) is 1. The third-order valence-electron chi connectivity index (χ3n) is 4.87. The molecule has 0 spiro atoms. The molecule has 1 aromatic heterocycles. The highest BCUT2D eigenvalue weighted by Gasteiger charge is 2.19. The van der Waals surface area contributed by atoms with Gasteiger partial charge in [-0.05, 0) is 29.3 Å². The molecule has 0 bridgehead atoms. The van der Waals surface area contributed by atoms with Crippen LogP contribution >= 0.6 is 23.2 Å². The lowest BCUT2D eigenvalue weighted by atomic mass is 9.91. The van der Waals surface area contributed by atoms with E-state index in [0.717, 1.165) is 11.1 Å². The number of hydrogen-bond donors (Lipinski definition) is 1. The Kier molecular flexibility index (Phi) is 5.88. The number of rotatable bonds is 5. The molecule has 150 valence electrons. The SMILES string of the molecule is O=C(NCC(c1ccccc1)c1ccccc1)c1cc2cc(Cl)cc(Cl)c2oc1=O. The zero-order valence-corrected chi connectivity index (χ0v) is 17.3. The van der Waals surface area contributed by atoms with E-state index >= 15 is 0 Å². The van der Waals surface area contributed by atoms with Gasteiger partial charge >= 0.3 is 5.63 Å². The van der Waals surface area contributed by atoms with E-state index in [1.807, 2.05) is 60.7 Å². The van der Waals surface area contributed by atoms with Crippen LogP contribution in [-0.2, 0) is 0 Å². The molecule has 0 saturated carbocycles. The van der Waals surface area contributed by atoms with Crippen molar-refractivity contribution in [2.75, 3.05) is 6.54 Å². The molecule has 0 fully saturated rings. The maximum atomic E-state index is 12.8. The Morgan fingerprint density at radius 3 is 2.10 bits per heavy atom. The molecule has 0 aliphatic carbocycles. The van der Waals surface area contributed by atoms with Crippen molar-refractivity contribution >= 4 is 40.1 Å². The van der Waals surface area contributed by atoms with E-state index in [1.165, 1.54) is 12.1 Å². The van der Waals surface area contributed by atoms with Gasteiger partial charge in [0.15, 0.2) is 5.58 Å². The van der Waals surface area contributed by atoms with Crippen LogP contribution in [0.1, 0.15) is 27.4 Å². The zero-order chi connectivity index (χ0) is 21.1. The molecule has 4 aromatic rings. The van der Waals surface area contributed by atoms with E-state index in [-0.39, 0.29) is 22.1 Å². The minimum absolute atomic E-state index is 0.0623. The largest absolute Gasteiger partial charge is 0.421 e. The van der Waals surface area contributed by atoms with Crippen molar-refractivity contribution in [3.05, 3.63) is 116 Å². The first kappa shape index (κ1) is 20.2. The van der Waals surface area contributed by atoms with Crippen molar-refractivity contribution in [3.63, 3.8) is 0 Å². The average Bonchev–Trinajstić information content (AvgIpc) is 2.75. The first-order valence-electron chi connectivity index (χ1n) is 9.34. The minimum atomic E-state index is -0.750. The molecule has 1 amide bonds. The molecule has 1 N–H and O–H groups in total. The molecule has 4 nitrogen and oxygen atoms in total. The second-order valence-corrected chi connectivity index (χ2v) is 7.68. The van der Waals surface area contributed by atoms with Gasteiger partial charge in [0, 0.05) is 22.9 Å². The predicted octanol–water partition coefficient (Wildman–Crippen LogP) is 5.66. The van der Waals surface area contributed by atoms with E-state index in [9.17, 15) is 9.59 Å². The van der Waals surface area contributed by atoms with Crippen LogP contribution in [-0.4, -0.2) is 12.5 Å². The second-order valence-electron chi connectivity index (χ2n) is 6.84. The van der Waals surface area contributed by atoms with Gasteiger partial charge < -0.3 is 9.73 Å². The third kappa shape index (κ3) is 4.25. The van der Waals surface area contributed by atoms with Crippen LogP contribution in [0.5, 0.6) is 0 Å². The molecule has 1 heterocycles. The highest BCUT2D eigenvalue weighted by Crippen LogP contribution is 2.27. The van der Waals surface area contributed by atoms with Crippen LogP contribution in [0.25, 0.3) is 11.0 Å². The van der Waals surface area contributed by atoms with Crippen molar-refractivity contribution in [1.29, 1.82) is 0 Å². The zero-order valence-electron chi connectivity index (χ0n) is 15.8. The summed E-state index contributed by atoms with van der Waals surface area (Å²) in [7, 11) is 0. The van der Waals surface area contributed by atoms with Crippen molar-refractivity contribution in [3.8, 4) is 0 Å². The standard InChI is InChI=1S/C24H17Cl2NO3/c25-18-11-17-12-19(24(29)30-22(17)21(26)13-18)23(28)27-14-20(15-7-3-1-4-8-15)16-9-5-2-6-10-16/h1-13,20H,14H2,(H,27,28).